The van der Waals surface area contributed by atoms with Crippen molar-refractivity contribution in [1.29, 1.82) is 0 Å². The zero-order valence-electron chi connectivity index (χ0n) is 14.8. The van der Waals surface area contributed by atoms with Gasteiger partial charge in [-0.05, 0) is 55.3 Å². The second-order valence-electron chi connectivity index (χ2n) is 5.56. The molecule has 1 aromatic heterocycles. The van der Waals surface area contributed by atoms with E-state index in [2.05, 4.69) is 57.8 Å². The third-order valence-electron chi connectivity index (χ3n) is 3.64. The van der Waals surface area contributed by atoms with E-state index >= 15 is 0 Å². The number of rotatable bonds is 6. The van der Waals surface area contributed by atoms with Crippen LogP contribution in [0.1, 0.15) is 5.56 Å². The SMILES string of the molecule is COc1cc(/C=N\NC(=O)Cn2nnc(-c3ccccc3Cl)n2)c(Br)c(Br)c1O. The Labute approximate surface area is 187 Å². The van der Waals surface area contributed by atoms with Gasteiger partial charge in [0.25, 0.3) is 5.91 Å². The average Bonchev–Trinajstić information content (AvgIpc) is 3.16. The number of aromatic nitrogens is 4. The lowest BCUT2D eigenvalue weighted by Gasteiger charge is -2.09. The van der Waals surface area contributed by atoms with E-state index < -0.39 is 5.91 Å². The van der Waals surface area contributed by atoms with E-state index in [1.54, 1.807) is 30.3 Å². The highest BCUT2D eigenvalue weighted by Crippen LogP contribution is 2.41. The molecule has 0 spiro atoms. The number of hydrogen-bond donors (Lipinski definition) is 2. The van der Waals surface area contributed by atoms with Crippen LogP contribution in [0.3, 0.4) is 0 Å². The number of benzene rings is 2. The monoisotopic (exact) mass is 542 g/mol. The molecule has 0 saturated carbocycles. The molecule has 0 fully saturated rings. The first-order valence-electron chi connectivity index (χ1n) is 8.00. The Morgan fingerprint density at radius 2 is 2.14 bits per heavy atom. The van der Waals surface area contributed by atoms with Crippen LogP contribution in [0, 0.1) is 0 Å². The summed E-state index contributed by atoms with van der Waals surface area (Å²) in [5.74, 6) is 0.0704. The molecule has 0 radical (unpaired) electrons. The van der Waals surface area contributed by atoms with Crippen LogP contribution in [0.5, 0.6) is 11.5 Å². The summed E-state index contributed by atoms with van der Waals surface area (Å²) in [5.41, 5.74) is 3.57. The smallest absolute Gasteiger partial charge is 0.263 e. The van der Waals surface area contributed by atoms with Crippen molar-refractivity contribution in [1.82, 2.24) is 25.6 Å². The number of halogens is 3. The zero-order chi connectivity index (χ0) is 21.0. The molecule has 12 heteroatoms. The third-order valence-corrected chi connectivity index (χ3v) is 6.13. The van der Waals surface area contributed by atoms with Crippen molar-refractivity contribution >= 4 is 55.6 Å². The van der Waals surface area contributed by atoms with Gasteiger partial charge in [-0.2, -0.15) is 9.90 Å². The van der Waals surface area contributed by atoms with Crippen LogP contribution in [-0.2, 0) is 11.3 Å². The fourth-order valence-corrected chi connectivity index (χ4v) is 3.31. The Kier molecular flexibility index (Phi) is 6.83. The van der Waals surface area contributed by atoms with Crippen molar-refractivity contribution in [3.63, 3.8) is 0 Å². The lowest BCUT2D eigenvalue weighted by Crippen LogP contribution is -2.24. The Morgan fingerprint density at radius 1 is 1.38 bits per heavy atom. The van der Waals surface area contributed by atoms with Gasteiger partial charge in [-0.15, -0.1) is 10.2 Å². The zero-order valence-corrected chi connectivity index (χ0v) is 18.7. The summed E-state index contributed by atoms with van der Waals surface area (Å²) < 4.78 is 6.05. The van der Waals surface area contributed by atoms with Crippen molar-refractivity contribution in [3.05, 3.63) is 49.9 Å². The van der Waals surface area contributed by atoms with Gasteiger partial charge in [0.2, 0.25) is 5.82 Å². The highest BCUT2D eigenvalue weighted by Gasteiger charge is 2.14. The van der Waals surface area contributed by atoms with Crippen LogP contribution < -0.4 is 10.2 Å². The molecule has 0 unspecified atom stereocenters. The number of amides is 1. The Hall–Kier alpha value is -2.50. The first-order chi connectivity index (χ1) is 13.9. The van der Waals surface area contributed by atoms with E-state index in [1.807, 2.05) is 0 Å². The van der Waals surface area contributed by atoms with Gasteiger partial charge < -0.3 is 9.84 Å². The minimum Gasteiger partial charge on any atom is -0.503 e. The van der Waals surface area contributed by atoms with Gasteiger partial charge in [-0.25, -0.2) is 5.43 Å². The van der Waals surface area contributed by atoms with E-state index in [1.165, 1.54) is 13.3 Å². The predicted molar refractivity (Wildman–Crippen MR) is 114 cm³/mol. The molecule has 1 amide bonds. The Bertz CT molecular complexity index is 1090. The maximum absolute atomic E-state index is 12.1. The number of ether oxygens (including phenoxy) is 1. The highest BCUT2D eigenvalue weighted by atomic mass is 79.9. The largest absolute Gasteiger partial charge is 0.503 e. The van der Waals surface area contributed by atoms with Crippen molar-refractivity contribution in [3.8, 4) is 22.9 Å². The number of carbonyl (C=O) groups is 1. The standard InChI is InChI=1S/C17H13Br2ClN6O3/c1-29-12-6-9(14(18)15(19)16(12)28)7-21-22-13(27)8-26-24-17(23-25-26)10-4-2-3-5-11(10)20/h2-7,28H,8H2,1H3,(H,22,27)/b21-7-. The number of hydrazone groups is 1. The van der Waals surface area contributed by atoms with Crippen LogP contribution in [0.15, 0.2) is 44.4 Å². The molecule has 3 aromatic rings. The Morgan fingerprint density at radius 3 is 2.86 bits per heavy atom. The normalized spacial score (nSPS) is 11.0. The Balaban J connectivity index is 1.65. The number of nitrogens with zero attached hydrogens (tertiary/aromatic N) is 5. The maximum Gasteiger partial charge on any atom is 0.263 e. The number of phenolic OH excluding ortho intramolecular Hbond substituents is 1. The van der Waals surface area contributed by atoms with Gasteiger partial charge in [0.05, 0.1) is 22.8 Å². The van der Waals surface area contributed by atoms with Crippen molar-refractivity contribution in [2.24, 2.45) is 5.10 Å². The molecular formula is C17H13Br2ClN6O3. The number of hydrogen-bond acceptors (Lipinski definition) is 7. The molecule has 2 N–H and O–H groups in total. The summed E-state index contributed by atoms with van der Waals surface area (Å²) in [7, 11) is 1.43. The van der Waals surface area contributed by atoms with Gasteiger partial charge in [-0.1, -0.05) is 23.7 Å². The summed E-state index contributed by atoms with van der Waals surface area (Å²) in [4.78, 5) is 13.2. The summed E-state index contributed by atoms with van der Waals surface area (Å²) in [6, 6.07) is 8.64. The van der Waals surface area contributed by atoms with Gasteiger partial charge in [0.1, 0.15) is 6.54 Å². The van der Waals surface area contributed by atoms with Crippen molar-refractivity contribution in [2.75, 3.05) is 7.11 Å². The summed E-state index contributed by atoms with van der Waals surface area (Å²) in [5, 5.41) is 26.2. The molecule has 1 heterocycles. The van der Waals surface area contributed by atoms with E-state index in [9.17, 15) is 9.90 Å². The van der Waals surface area contributed by atoms with Gasteiger partial charge in [0, 0.05) is 15.6 Å². The van der Waals surface area contributed by atoms with E-state index in [0.717, 1.165) is 4.80 Å². The topological polar surface area (TPSA) is 115 Å². The maximum atomic E-state index is 12.1. The average molecular weight is 545 g/mol. The highest BCUT2D eigenvalue weighted by molar-refractivity contribution is 9.13. The molecular weight excluding hydrogens is 531 g/mol. The lowest BCUT2D eigenvalue weighted by molar-refractivity contribution is -0.122. The predicted octanol–water partition coefficient (Wildman–Crippen LogP) is 3.38. The number of methoxy groups -OCH3 is 1. The number of aromatic hydroxyl groups is 1. The molecule has 0 aliphatic heterocycles. The summed E-state index contributed by atoms with van der Waals surface area (Å²) >= 11 is 12.7. The quantitative estimate of drug-likeness (QED) is 0.363. The van der Waals surface area contributed by atoms with Crippen LogP contribution >= 0.6 is 43.5 Å². The van der Waals surface area contributed by atoms with Gasteiger partial charge in [0.15, 0.2) is 11.5 Å². The van der Waals surface area contributed by atoms with E-state index in [4.69, 9.17) is 16.3 Å². The molecule has 0 bridgehead atoms. The molecule has 0 atom stereocenters. The number of phenols is 1. The molecule has 29 heavy (non-hydrogen) atoms. The molecule has 150 valence electrons. The first-order valence-corrected chi connectivity index (χ1v) is 9.96. The van der Waals surface area contributed by atoms with Crippen molar-refractivity contribution in [2.45, 2.75) is 6.54 Å². The van der Waals surface area contributed by atoms with Crippen LogP contribution in [0.2, 0.25) is 5.02 Å². The van der Waals surface area contributed by atoms with Crippen LogP contribution in [0.25, 0.3) is 11.4 Å². The number of tetrazole rings is 1. The van der Waals surface area contributed by atoms with Crippen LogP contribution in [-0.4, -0.2) is 44.5 Å². The van der Waals surface area contributed by atoms with Gasteiger partial charge >= 0.3 is 0 Å². The van der Waals surface area contributed by atoms with Crippen LogP contribution in [0.4, 0.5) is 0 Å². The molecule has 3 rings (SSSR count). The van der Waals surface area contributed by atoms with E-state index in [-0.39, 0.29) is 18.0 Å². The fraction of sp³-hybridized carbons (Fsp3) is 0.118. The molecule has 0 aliphatic carbocycles. The molecule has 9 nitrogen and oxygen atoms in total. The van der Waals surface area contributed by atoms with E-state index in [0.29, 0.717) is 30.9 Å². The lowest BCUT2D eigenvalue weighted by atomic mass is 10.2. The molecule has 2 aromatic carbocycles. The third kappa shape index (κ3) is 4.92. The van der Waals surface area contributed by atoms with Gasteiger partial charge in [-0.3, -0.25) is 4.79 Å². The minimum absolute atomic E-state index is 0.0489. The molecule has 0 aliphatic rings. The number of carbonyl (C=O) groups excluding carboxylic acids is 1. The number of nitrogens with one attached hydrogen (secondary N) is 1. The fourth-order valence-electron chi connectivity index (χ4n) is 2.26. The second-order valence-corrected chi connectivity index (χ2v) is 7.55. The van der Waals surface area contributed by atoms with Crippen molar-refractivity contribution < 1.29 is 14.6 Å². The summed E-state index contributed by atoms with van der Waals surface area (Å²) in [6.45, 7) is -0.182. The molecule has 0 saturated heterocycles. The minimum atomic E-state index is -0.453. The summed E-state index contributed by atoms with van der Waals surface area (Å²) in [6.07, 6.45) is 1.40. The second kappa shape index (κ2) is 9.33. The first kappa shape index (κ1) is 21.2.